The van der Waals surface area contributed by atoms with Gasteiger partial charge in [-0.1, -0.05) is 60.2 Å². The summed E-state index contributed by atoms with van der Waals surface area (Å²) in [5.74, 6) is 0. The summed E-state index contributed by atoms with van der Waals surface area (Å²) in [5, 5.41) is 0. The number of hydrogen-bond acceptors (Lipinski definition) is 0. The minimum atomic E-state index is 0. The van der Waals surface area contributed by atoms with Gasteiger partial charge in [0.1, 0.15) is 0 Å². The van der Waals surface area contributed by atoms with E-state index in [1.807, 2.05) is 6.07 Å². The summed E-state index contributed by atoms with van der Waals surface area (Å²) in [7, 11) is 0. The van der Waals surface area contributed by atoms with Crippen molar-refractivity contribution in [2.24, 2.45) is 0 Å². The Kier molecular flexibility index (Phi) is 6.83. The quantitative estimate of drug-likeness (QED) is 0.595. The number of hydrogen-bond donors (Lipinski definition) is 0. The van der Waals surface area contributed by atoms with Gasteiger partial charge in [0.05, 0.1) is 0 Å². The maximum absolute atomic E-state index is 2.16. The summed E-state index contributed by atoms with van der Waals surface area (Å²) in [6.45, 7) is 2.11. The van der Waals surface area contributed by atoms with E-state index in [1.165, 1.54) is 16.7 Å². The van der Waals surface area contributed by atoms with Crippen molar-refractivity contribution in [3.63, 3.8) is 0 Å². The Morgan fingerprint density at radius 1 is 0.600 bits per heavy atom. The fourth-order valence-corrected chi connectivity index (χ4v) is 1.38. The van der Waals surface area contributed by atoms with E-state index in [9.17, 15) is 0 Å². The number of benzene rings is 2. The Bertz CT molecular complexity index is 379. The Balaban J connectivity index is 0.000000980. The summed E-state index contributed by atoms with van der Waals surface area (Å²) in [5.41, 5.74) is 3.87. The summed E-state index contributed by atoms with van der Waals surface area (Å²) >= 11 is 0. The first-order valence-corrected chi connectivity index (χ1v) is 4.48. The first-order chi connectivity index (χ1) is 6.36. The molecule has 0 atom stereocenters. The van der Waals surface area contributed by atoms with Crippen molar-refractivity contribution in [1.29, 1.82) is 0 Å². The second kappa shape index (κ2) is 7.00. The smallest absolute Gasteiger partial charge is 0 e. The number of aryl methyl sites for hydroxylation is 1. The molecule has 0 saturated heterocycles. The molecule has 0 unspecified atom stereocenters. The molecule has 2 heteroatoms. The molecule has 15 heavy (non-hydrogen) atoms. The van der Waals surface area contributed by atoms with Gasteiger partial charge in [0.2, 0.25) is 0 Å². The summed E-state index contributed by atoms with van der Waals surface area (Å²) in [6.07, 6.45) is 0. The molecule has 0 fully saturated rings. The largest absolute Gasteiger partial charge is 0.0622 e. The molecule has 66 valence electrons. The van der Waals surface area contributed by atoms with Crippen LogP contribution in [0.5, 0.6) is 0 Å². The van der Waals surface area contributed by atoms with Crippen molar-refractivity contribution in [2.45, 2.75) is 6.92 Å². The van der Waals surface area contributed by atoms with Gasteiger partial charge >= 0.3 is 0 Å². The van der Waals surface area contributed by atoms with Crippen molar-refractivity contribution in [3.8, 4) is 11.1 Å². The van der Waals surface area contributed by atoms with Crippen molar-refractivity contribution in [1.82, 2.24) is 0 Å². The van der Waals surface area contributed by atoms with Gasteiger partial charge in [0, 0.05) is 37.7 Å². The van der Waals surface area contributed by atoms with E-state index in [4.69, 9.17) is 0 Å². The van der Waals surface area contributed by atoms with Gasteiger partial charge in [-0.25, -0.2) is 0 Å². The van der Waals surface area contributed by atoms with Crippen LogP contribution in [0.15, 0.2) is 54.6 Å². The van der Waals surface area contributed by atoms with Crippen molar-refractivity contribution >= 4 is 37.7 Å². The fourth-order valence-electron chi connectivity index (χ4n) is 1.38. The molecule has 2 radical (unpaired) electrons. The van der Waals surface area contributed by atoms with Crippen LogP contribution in [-0.4, -0.2) is 37.7 Å². The zero-order valence-electron chi connectivity index (χ0n) is 9.70. The average Bonchev–Trinajstić information content (AvgIpc) is 2.20. The molecule has 0 heterocycles. The van der Waals surface area contributed by atoms with Crippen LogP contribution in [0, 0.1) is 6.92 Å². The van der Waals surface area contributed by atoms with Gasteiger partial charge in [-0.15, -0.1) is 0 Å². The topological polar surface area (TPSA) is 0 Å². The van der Waals surface area contributed by atoms with E-state index < -0.39 is 0 Å². The predicted octanol–water partition coefficient (Wildman–Crippen LogP) is 2.90. The van der Waals surface area contributed by atoms with Crippen LogP contribution >= 0.6 is 0 Å². The molecule has 0 amide bonds. The van der Waals surface area contributed by atoms with Crippen LogP contribution in [-0.2, 0) is 0 Å². The third-order valence-electron chi connectivity index (χ3n) is 2.16. The van der Waals surface area contributed by atoms with Crippen molar-refractivity contribution in [3.05, 3.63) is 60.2 Å². The summed E-state index contributed by atoms with van der Waals surface area (Å²) < 4.78 is 0. The molecule has 0 bridgehead atoms. The molecule has 0 aromatic heterocycles. The molecule has 0 nitrogen and oxygen atoms in total. The standard InChI is InChI=1S/C13H12.2Li/c1-11-7-9-13(10-8-11)12-5-3-2-4-6-12;;/h2-10H,1H3;;. The van der Waals surface area contributed by atoms with E-state index in [1.54, 1.807) is 0 Å². The minimum Gasteiger partial charge on any atom is -0.0622 e. The van der Waals surface area contributed by atoms with Gasteiger partial charge in [0.25, 0.3) is 0 Å². The second-order valence-electron chi connectivity index (χ2n) is 3.23. The molecule has 0 aliphatic heterocycles. The van der Waals surface area contributed by atoms with Crippen LogP contribution < -0.4 is 0 Å². The van der Waals surface area contributed by atoms with Crippen LogP contribution in [0.2, 0.25) is 0 Å². The van der Waals surface area contributed by atoms with Crippen LogP contribution in [0.25, 0.3) is 11.1 Å². The summed E-state index contributed by atoms with van der Waals surface area (Å²) in [6, 6.07) is 19.0. The van der Waals surface area contributed by atoms with E-state index in [0.717, 1.165) is 0 Å². The van der Waals surface area contributed by atoms with Gasteiger partial charge in [0.15, 0.2) is 0 Å². The molecular formula is C13H12Li2. The van der Waals surface area contributed by atoms with E-state index in [0.29, 0.717) is 0 Å². The van der Waals surface area contributed by atoms with E-state index in [2.05, 4.69) is 55.5 Å². The third kappa shape index (κ3) is 3.94. The normalized spacial score (nSPS) is 8.60. The molecule has 2 rings (SSSR count). The van der Waals surface area contributed by atoms with Crippen LogP contribution in [0.1, 0.15) is 5.56 Å². The zero-order valence-corrected chi connectivity index (χ0v) is 9.70. The summed E-state index contributed by atoms with van der Waals surface area (Å²) in [4.78, 5) is 0. The molecule has 0 saturated carbocycles. The van der Waals surface area contributed by atoms with Crippen LogP contribution in [0.3, 0.4) is 0 Å². The van der Waals surface area contributed by atoms with Gasteiger partial charge in [-0.05, 0) is 18.1 Å². The average molecular weight is 182 g/mol. The molecule has 0 N–H and O–H groups in total. The predicted molar refractivity (Wildman–Crippen MR) is 68.1 cm³/mol. The molecule has 0 aliphatic rings. The Morgan fingerprint density at radius 3 is 1.60 bits per heavy atom. The van der Waals surface area contributed by atoms with E-state index in [-0.39, 0.29) is 37.7 Å². The second-order valence-corrected chi connectivity index (χ2v) is 3.23. The maximum atomic E-state index is 2.16. The van der Waals surface area contributed by atoms with Crippen molar-refractivity contribution in [2.75, 3.05) is 0 Å². The van der Waals surface area contributed by atoms with Crippen molar-refractivity contribution < 1.29 is 0 Å². The Labute approximate surface area is 115 Å². The molecule has 0 aliphatic carbocycles. The first-order valence-electron chi connectivity index (χ1n) is 4.48. The van der Waals surface area contributed by atoms with Gasteiger partial charge in [-0.2, -0.15) is 0 Å². The van der Waals surface area contributed by atoms with Gasteiger partial charge in [-0.3, -0.25) is 0 Å². The molecule has 2 aromatic rings. The van der Waals surface area contributed by atoms with Gasteiger partial charge < -0.3 is 0 Å². The minimum absolute atomic E-state index is 0. The fraction of sp³-hybridized carbons (Fsp3) is 0.0769. The SMILES string of the molecule is Cc1ccc(-c2ccccc2)cc1.[Li].[Li]. The maximum Gasteiger partial charge on any atom is 0 e. The first kappa shape index (κ1) is 14.6. The Morgan fingerprint density at radius 2 is 1.07 bits per heavy atom. The molecular weight excluding hydrogens is 170 g/mol. The third-order valence-corrected chi connectivity index (χ3v) is 2.16. The van der Waals surface area contributed by atoms with Crippen LogP contribution in [0.4, 0.5) is 0 Å². The Hall–Kier alpha value is -0.365. The monoisotopic (exact) mass is 182 g/mol. The molecule has 0 spiro atoms. The van der Waals surface area contributed by atoms with E-state index >= 15 is 0 Å². The zero-order chi connectivity index (χ0) is 9.10. The molecule has 2 aromatic carbocycles. The number of rotatable bonds is 1.